The zero-order chi connectivity index (χ0) is 14.4. The molecule has 0 aliphatic rings. The number of halogens is 1. The Bertz CT molecular complexity index is 644. The third-order valence-electron chi connectivity index (χ3n) is 2.56. The molecular formula is C16H12BrNO2. The highest BCUT2D eigenvalue weighted by molar-refractivity contribution is 9.10. The van der Waals surface area contributed by atoms with Crippen molar-refractivity contribution >= 4 is 27.5 Å². The van der Waals surface area contributed by atoms with Gasteiger partial charge in [0.15, 0.2) is 0 Å². The molecule has 0 bridgehead atoms. The van der Waals surface area contributed by atoms with Crippen LogP contribution in [0.1, 0.15) is 10.4 Å². The Hall–Kier alpha value is -2.25. The van der Waals surface area contributed by atoms with Crippen molar-refractivity contribution in [3.8, 4) is 18.1 Å². The summed E-state index contributed by atoms with van der Waals surface area (Å²) in [7, 11) is 0. The van der Waals surface area contributed by atoms with Crippen molar-refractivity contribution in [1.29, 1.82) is 0 Å². The van der Waals surface area contributed by atoms with Crippen molar-refractivity contribution < 1.29 is 9.53 Å². The first-order valence-electron chi connectivity index (χ1n) is 5.93. The van der Waals surface area contributed by atoms with Crippen LogP contribution in [0.3, 0.4) is 0 Å². The molecule has 0 unspecified atom stereocenters. The number of nitrogens with one attached hydrogen (secondary N) is 1. The molecule has 100 valence electrons. The highest BCUT2D eigenvalue weighted by Crippen LogP contribution is 2.22. The maximum absolute atomic E-state index is 12.1. The normalized spacial score (nSPS) is 9.60. The molecule has 3 nitrogen and oxygen atoms in total. The maximum atomic E-state index is 12.1. The minimum Gasteiger partial charge on any atom is -0.481 e. The van der Waals surface area contributed by atoms with E-state index in [0.29, 0.717) is 11.3 Å². The molecule has 4 heteroatoms. The number of hydrogen-bond donors (Lipinski definition) is 1. The predicted molar refractivity (Wildman–Crippen MR) is 82.9 cm³/mol. The van der Waals surface area contributed by atoms with Crippen molar-refractivity contribution in [1.82, 2.24) is 0 Å². The third kappa shape index (κ3) is 3.62. The first kappa shape index (κ1) is 14.2. The minimum absolute atomic E-state index is 0.180. The largest absolute Gasteiger partial charge is 0.481 e. The van der Waals surface area contributed by atoms with Gasteiger partial charge in [0.05, 0.1) is 5.69 Å². The molecule has 0 fully saturated rings. The van der Waals surface area contributed by atoms with Gasteiger partial charge in [0.2, 0.25) is 0 Å². The topological polar surface area (TPSA) is 38.3 Å². The average molecular weight is 330 g/mol. The van der Waals surface area contributed by atoms with Gasteiger partial charge in [-0.25, -0.2) is 0 Å². The molecule has 0 aromatic heterocycles. The number of anilines is 1. The highest BCUT2D eigenvalue weighted by atomic mass is 79.9. The van der Waals surface area contributed by atoms with Crippen LogP contribution in [0.5, 0.6) is 5.75 Å². The SMILES string of the molecule is C#CCOc1ccc(C(=O)Nc2ccccc2Br)cc1. The van der Waals surface area contributed by atoms with Gasteiger partial charge in [0.25, 0.3) is 5.91 Å². The molecule has 1 N–H and O–H groups in total. The van der Waals surface area contributed by atoms with Gasteiger partial charge < -0.3 is 10.1 Å². The first-order valence-corrected chi connectivity index (χ1v) is 6.72. The Labute approximate surface area is 126 Å². The lowest BCUT2D eigenvalue weighted by Crippen LogP contribution is -2.12. The quantitative estimate of drug-likeness (QED) is 0.868. The van der Waals surface area contributed by atoms with E-state index >= 15 is 0 Å². The summed E-state index contributed by atoms with van der Waals surface area (Å²) in [6.07, 6.45) is 5.11. The van der Waals surface area contributed by atoms with Gasteiger partial charge in [-0.3, -0.25) is 4.79 Å². The molecule has 1 amide bonds. The molecule has 0 atom stereocenters. The second kappa shape index (κ2) is 6.78. The molecule has 0 spiro atoms. The van der Waals surface area contributed by atoms with Crippen molar-refractivity contribution in [3.63, 3.8) is 0 Å². The molecule has 2 rings (SSSR count). The Kier molecular flexibility index (Phi) is 4.80. The average Bonchev–Trinajstić information content (AvgIpc) is 2.48. The summed E-state index contributed by atoms with van der Waals surface area (Å²) >= 11 is 3.38. The smallest absolute Gasteiger partial charge is 0.255 e. The maximum Gasteiger partial charge on any atom is 0.255 e. The van der Waals surface area contributed by atoms with Gasteiger partial charge in [-0.1, -0.05) is 18.1 Å². The summed E-state index contributed by atoms with van der Waals surface area (Å²) in [5.41, 5.74) is 1.28. The summed E-state index contributed by atoms with van der Waals surface area (Å²) in [5.74, 6) is 2.84. The first-order chi connectivity index (χ1) is 9.70. The molecule has 2 aromatic rings. The number of amides is 1. The summed E-state index contributed by atoms with van der Waals surface area (Å²) in [5, 5.41) is 2.83. The predicted octanol–water partition coefficient (Wildman–Crippen LogP) is 3.71. The van der Waals surface area contributed by atoms with Crippen molar-refractivity contribution in [2.75, 3.05) is 11.9 Å². The van der Waals surface area contributed by atoms with Crippen LogP contribution in [0.15, 0.2) is 53.0 Å². The van der Waals surface area contributed by atoms with Crippen LogP contribution in [-0.2, 0) is 0 Å². The molecule has 0 saturated heterocycles. The fourth-order valence-corrected chi connectivity index (χ4v) is 1.97. The van der Waals surface area contributed by atoms with Crippen molar-refractivity contribution in [2.45, 2.75) is 0 Å². The molecular weight excluding hydrogens is 318 g/mol. The van der Waals surface area contributed by atoms with E-state index in [1.54, 1.807) is 24.3 Å². The molecule has 20 heavy (non-hydrogen) atoms. The zero-order valence-electron chi connectivity index (χ0n) is 10.6. The number of para-hydroxylation sites is 1. The standard InChI is InChI=1S/C16H12BrNO2/c1-2-11-20-13-9-7-12(8-10-13)16(19)18-15-6-4-3-5-14(15)17/h1,3-10H,11H2,(H,18,19). The Morgan fingerprint density at radius 1 is 1.20 bits per heavy atom. The summed E-state index contributed by atoms with van der Waals surface area (Å²) < 4.78 is 6.09. The number of benzene rings is 2. The van der Waals surface area contributed by atoms with Crippen LogP contribution in [-0.4, -0.2) is 12.5 Å². The minimum atomic E-state index is -0.180. The Morgan fingerprint density at radius 2 is 1.90 bits per heavy atom. The number of carbonyl (C=O) groups is 1. The number of hydrogen-bond acceptors (Lipinski definition) is 2. The molecule has 2 aromatic carbocycles. The lowest BCUT2D eigenvalue weighted by atomic mass is 10.2. The highest BCUT2D eigenvalue weighted by Gasteiger charge is 2.07. The second-order valence-electron chi connectivity index (χ2n) is 3.95. The summed E-state index contributed by atoms with van der Waals surface area (Å²) in [6, 6.07) is 14.3. The van der Waals surface area contributed by atoms with Gasteiger partial charge in [-0.15, -0.1) is 6.42 Å². The van der Waals surface area contributed by atoms with Crippen LogP contribution in [0.4, 0.5) is 5.69 Å². The second-order valence-corrected chi connectivity index (χ2v) is 4.81. The van der Waals surface area contributed by atoms with Gasteiger partial charge in [0.1, 0.15) is 12.4 Å². The Balaban J connectivity index is 2.06. The lowest BCUT2D eigenvalue weighted by Gasteiger charge is -2.08. The Morgan fingerprint density at radius 3 is 2.55 bits per heavy atom. The van der Waals surface area contributed by atoms with Crippen molar-refractivity contribution in [2.24, 2.45) is 0 Å². The van der Waals surface area contributed by atoms with Crippen molar-refractivity contribution in [3.05, 3.63) is 58.6 Å². The van der Waals surface area contributed by atoms with E-state index in [1.165, 1.54) is 0 Å². The van der Waals surface area contributed by atoms with E-state index < -0.39 is 0 Å². The van der Waals surface area contributed by atoms with E-state index in [0.717, 1.165) is 10.2 Å². The number of carbonyl (C=O) groups excluding carboxylic acids is 1. The number of rotatable bonds is 4. The molecule has 0 saturated carbocycles. The van der Waals surface area contributed by atoms with Crippen LogP contribution < -0.4 is 10.1 Å². The molecule has 0 aliphatic carbocycles. The van der Waals surface area contributed by atoms with E-state index in [9.17, 15) is 4.79 Å². The van der Waals surface area contributed by atoms with Crippen LogP contribution >= 0.6 is 15.9 Å². The van der Waals surface area contributed by atoms with Gasteiger partial charge in [0, 0.05) is 10.0 Å². The molecule has 0 radical (unpaired) electrons. The van der Waals surface area contributed by atoms with E-state index in [-0.39, 0.29) is 12.5 Å². The number of ether oxygens (including phenoxy) is 1. The fraction of sp³-hybridized carbons (Fsp3) is 0.0625. The monoisotopic (exact) mass is 329 g/mol. The van der Waals surface area contributed by atoms with Crippen LogP contribution in [0, 0.1) is 12.3 Å². The fourth-order valence-electron chi connectivity index (χ4n) is 1.58. The summed E-state index contributed by atoms with van der Waals surface area (Å²) in [4.78, 5) is 12.1. The van der Waals surface area contributed by atoms with Gasteiger partial charge in [-0.2, -0.15) is 0 Å². The molecule has 0 heterocycles. The van der Waals surface area contributed by atoms with Gasteiger partial charge >= 0.3 is 0 Å². The van der Waals surface area contributed by atoms with Crippen LogP contribution in [0.2, 0.25) is 0 Å². The third-order valence-corrected chi connectivity index (χ3v) is 3.25. The van der Waals surface area contributed by atoms with E-state index in [2.05, 4.69) is 27.2 Å². The summed E-state index contributed by atoms with van der Waals surface area (Å²) in [6.45, 7) is 0.211. The van der Waals surface area contributed by atoms with Gasteiger partial charge in [-0.05, 0) is 52.3 Å². The van der Waals surface area contributed by atoms with E-state index in [4.69, 9.17) is 11.2 Å². The zero-order valence-corrected chi connectivity index (χ0v) is 12.2. The number of terminal acetylenes is 1. The van der Waals surface area contributed by atoms with Crippen LogP contribution in [0.25, 0.3) is 0 Å². The lowest BCUT2D eigenvalue weighted by molar-refractivity contribution is 0.102. The van der Waals surface area contributed by atoms with E-state index in [1.807, 2.05) is 24.3 Å². The molecule has 0 aliphatic heterocycles.